The Hall–Kier alpha value is -1.84. The first-order valence-corrected chi connectivity index (χ1v) is 17.5. The Morgan fingerprint density at radius 3 is 2.02 bits per heavy atom. The lowest BCUT2D eigenvalue weighted by Gasteiger charge is -2.77. The van der Waals surface area contributed by atoms with E-state index in [1.54, 1.807) is 12.1 Å². The summed E-state index contributed by atoms with van der Waals surface area (Å²) in [6.45, 7) is 22.7. The molecule has 0 amide bonds. The summed E-state index contributed by atoms with van der Waals surface area (Å²) in [5, 5.41) is 20.3. The van der Waals surface area contributed by atoms with Crippen LogP contribution in [0.5, 0.6) is 0 Å². The van der Waals surface area contributed by atoms with Gasteiger partial charge >= 0.3 is 11.9 Å². The van der Waals surface area contributed by atoms with Crippen LogP contribution in [-0.2, 0) is 4.79 Å². The van der Waals surface area contributed by atoms with Crippen molar-refractivity contribution in [1.29, 1.82) is 0 Å². The maximum absolute atomic E-state index is 13.1. The molecule has 11 atom stereocenters. The molecule has 6 rings (SSSR count). The quantitative estimate of drug-likeness (QED) is 0.366. The number of carboxylic acid groups (broad SMARTS) is 2. The monoisotopic (exact) mass is 590 g/mol. The van der Waals surface area contributed by atoms with E-state index in [1.165, 1.54) is 24.8 Å². The number of fused-ring (bicyclic) bond motifs is 7. The van der Waals surface area contributed by atoms with Crippen molar-refractivity contribution in [3.63, 3.8) is 0 Å². The average Bonchev–Trinajstić information content (AvgIpc) is 3.32. The molecule has 5 aliphatic carbocycles. The number of carboxylic acids is 2. The Morgan fingerprint density at radius 2 is 1.44 bits per heavy atom. The molecular formula is C39H58O4. The summed E-state index contributed by atoms with van der Waals surface area (Å²) in [4.78, 5) is 24.7. The molecule has 0 spiro atoms. The summed E-state index contributed by atoms with van der Waals surface area (Å²) in [6, 6.07) is 7.73. The van der Waals surface area contributed by atoms with E-state index in [4.69, 9.17) is 0 Å². The Balaban J connectivity index is 1.39. The molecule has 0 bridgehead atoms. The second-order valence-corrected chi connectivity index (χ2v) is 18.1. The summed E-state index contributed by atoms with van der Waals surface area (Å²) in [7, 11) is 0. The topological polar surface area (TPSA) is 74.6 Å². The first-order chi connectivity index (χ1) is 19.9. The minimum atomic E-state index is -0.861. The van der Waals surface area contributed by atoms with E-state index in [-0.39, 0.29) is 33.0 Å². The van der Waals surface area contributed by atoms with Gasteiger partial charge in [-0.2, -0.15) is 0 Å². The summed E-state index contributed by atoms with van der Waals surface area (Å²) in [5.41, 5.74) is 1.75. The molecule has 1 aromatic rings. The zero-order valence-electron chi connectivity index (χ0n) is 28.4. The van der Waals surface area contributed by atoms with Crippen molar-refractivity contribution >= 4 is 11.9 Å². The van der Waals surface area contributed by atoms with E-state index in [1.807, 2.05) is 0 Å². The largest absolute Gasteiger partial charge is 0.481 e. The number of benzene rings is 1. The molecule has 5 saturated carbocycles. The Labute approximate surface area is 260 Å². The summed E-state index contributed by atoms with van der Waals surface area (Å²) < 4.78 is 0. The number of rotatable bonds is 4. The van der Waals surface area contributed by atoms with Crippen LogP contribution in [0.4, 0.5) is 0 Å². The predicted octanol–water partition coefficient (Wildman–Crippen LogP) is 9.93. The molecule has 0 aliphatic heterocycles. The molecule has 43 heavy (non-hydrogen) atoms. The maximum atomic E-state index is 13.1. The van der Waals surface area contributed by atoms with E-state index in [0.717, 1.165) is 38.5 Å². The fourth-order valence-corrected chi connectivity index (χ4v) is 14.7. The number of aromatic carboxylic acids is 1. The van der Waals surface area contributed by atoms with Gasteiger partial charge in [-0.05, 0) is 144 Å². The second kappa shape index (κ2) is 9.58. The van der Waals surface area contributed by atoms with E-state index in [0.29, 0.717) is 41.1 Å². The van der Waals surface area contributed by atoms with E-state index < -0.39 is 17.4 Å². The molecule has 5 aliphatic rings. The molecule has 4 heteroatoms. The molecule has 238 valence electrons. The van der Waals surface area contributed by atoms with Crippen molar-refractivity contribution in [2.75, 3.05) is 0 Å². The first kappa shape index (κ1) is 31.2. The van der Waals surface area contributed by atoms with Crippen LogP contribution in [0.1, 0.15) is 142 Å². The fourth-order valence-electron chi connectivity index (χ4n) is 14.7. The van der Waals surface area contributed by atoms with Gasteiger partial charge in [0.05, 0.1) is 11.0 Å². The molecule has 3 unspecified atom stereocenters. The Bertz CT molecular complexity index is 1300. The maximum Gasteiger partial charge on any atom is 0.335 e. The van der Waals surface area contributed by atoms with Crippen LogP contribution >= 0.6 is 0 Å². The van der Waals surface area contributed by atoms with Crippen LogP contribution in [0.25, 0.3) is 0 Å². The molecular weight excluding hydrogens is 532 g/mol. The van der Waals surface area contributed by atoms with Crippen LogP contribution in [0.2, 0.25) is 0 Å². The smallest absolute Gasteiger partial charge is 0.335 e. The predicted molar refractivity (Wildman–Crippen MR) is 172 cm³/mol. The van der Waals surface area contributed by atoms with Crippen molar-refractivity contribution in [2.45, 2.75) is 126 Å². The third kappa shape index (κ3) is 3.79. The molecule has 2 N–H and O–H groups in total. The zero-order chi connectivity index (χ0) is 31.5. The number of hydrogen-bond donors (Lipinski definition) is 2. The summed E-state index contributed by atoms with van der Waals surface area (Å²) in [6.07, 6.45) is 9.76. The minimum Gasteiger partial charge on any atom is -0.481 e. The van der Waals surface area contributed by atoms with Gasteiger partial charge in [0.25, 0.3) is 0 Å². The SMILES string of the molecule is CC1C[C@]2(C)[C@H](CC[C@]3(C)C4[C@H](C(C)C)CC[C@]4(C(=O)O)CC[C@]32C)[C@@]2(C)CC[C@H](c3ccc(C(=O)O)cc3)C(C)(C)C12. The lowest BCUT2D eigenvalue weighted by atomic mass is 9.27. The van der Waals surface area contributed by atoms with Crippen molar-refractivity contribution in [2.24, 2.45) is 68.0 Å². The number of carbonyl (C=O) groups is 2. The average molecular weight is 591 g/mol. The summed E-state index contributed by atoms with van der Waals surface area (Å²) >= 11 is 0. The van der Waals surface area contributed by atoms with Crippen LogP contribution in [0.15, 0.2) is 24.3 Å². The zero-order valence-corrected chi connectivity index (χ0v) is 28.4. The third-order valence-electron chi connectivity index (χ3n) is 16.3. The Kier molecular flexibility index (Phi) is 6.94. The highest BCUT2D eigenvalue weighted by Crippen LogP contribution is 2.82. The van der Waals surface area contributed by atoms with E-state index in [9.17, 15) is 19.8 Å². The van der Waals surface area contributed by atoms with Crippen LogP contribution in [-0.4, -0.2) is 22.2 Å². The van der Waals surface area contributed by atoms with E-state index >= 15 is 0 Å². The van der Waals surface area contributed by atoms with Gasteiger partial charge in [0.1, 0.15) is 0 Å². The fraction of sp³-hybridized carbons (Fsp3) is 0.795. The van der Waals surface area contributed by atoms with Gasteiger partial charge < -0.3 is 10.2 Å². The van der Waals surface area contributed by atoms with Crippen LogP contribution < -0.4 is 0 Å². The van der Waals surface area contributed by atoms with Gasteiger partial charge in [-0.3, -0.25) is 4.79 Å². The minimum absolute atomic E-state index is 0.0296. The van der Waals surface area contributed by atoms with Crippen molar-refractivity contribution in [3.05, 3.63) is 35.4 Å². The van der Waals surface area contributed by atoms with E-state index in [2.05, 4.69) is 74.4 Å². The van der Waals surface area contributed by atoms with Gasteiger partial charge in [-0.1, -0.05) is 74.4 Å². The molecule has 4 nitrogen and oxygen atoms in total. The number of hydrogen-bond acceptors (Lipinski definition) is 2. The van der Waals surface area contributed by atoms with Crippen molar-refractivity contribution in [1.82, 2.24) is 0 Å². The highest BCUT2D eigenvalue weighted by molar-refractivity contribution is 5.87. The van der Waals surface area contributed by atoms with Crippen LogP contribution in [0.3, 0.4) is 0 Å². The molecule has 5 fully saturated rings. The van der Waals surface area contributed by atoms with Gasteiger partial charge in [-0.25, -0.2) is 4.79 Å². The standard InChI is InChI=1S/C39H58O4/c1-23(2)27-14-19-39(33(42)43)21-20-38(9)36(7,31(27)39)18-16-29-35(6)17-15-28(25-10-12-26(13-11-25)32(40)41)34(4,5)30(35)24(3)22-37(29,38)8/h10-13,23-24,27-31H,14-22H2,1-9H3,(H,40,41)(H,42,43)/t24?,27-,28+,29+,30?,31?,35+,36+,37+,38+,39-/m0/s1. The molecule has 0 aromatic heterocycles. The van der Waals surface area contributed by atoms with Gasteiger partial charge in [0, 0.05) is 0 Å². The normalized spacial score (nSPS) is 48.5. The molecule has 0 radical (unpaired) electrons. The van der Waals surface area contributed by atoms with Gasteiger partial charge in [-0.15, -0.1) is 0 Å². The highest BCUT2D eigenvalue weighted by atomic mass is 16.4. The van der Waals surface area contributed by atoms with Crippen molar-refractivity contribution < 1.29 is 19.8 Å². The summed E-state index contributed by atoms with van der Waals surface area (Å²) in [5.74, 6) is 2.09. The second-order valence-electron chi connectivity index (χ2n) is 18.1. The Morgan fingerprint density at radius 1 is 0.791 bits per heavy atom. The first-order valence-electron chi connectivity index (χ1n) is 17.5. The lowest BCUT2D eigenvalue weighted by Crippen LogP contribution is -2.71. The molecule has 1 aromatic carbocycles. The van der Waals surface area contributed by atoms with Gasteiger partial charge in [0.15, 0.2) is 0 Å². The third-order valence-corrected chi connectivity index (χ3v) is 16.3. The molecule has 0 heterocycles. The number of aliphatic carboxylic acids is 1. The van der Waals surface area contributed by atoms with Gasteiger partial charge in [0.2, 0.25) is 0 Å². The highest BCUT2D eigenvalue weighted by Gasteiger charge is 2.76. The van der Waals surface area contributed by atoms with Crippen molar-refractivity contribution in [3.8, 4) is 0 Å². The van der Waals surface area contributed by atoms with Crippen LogP contribution in [0, 0.1) is 68.0 Å². The molecule has 0 saturated heterocycles. The lowest BCUT2D eigenvalue weighted by molar-refractivity contribution is -0.284.